The van der Waals surface area contributed by atoms with Crippen molar-refractivity contribution in [3.05, 3.63) is 0 Å². The van der Waals surface area contributed by atoms with Gasteiger partial charge in [-0.25, -0.2) is 0 Å². The summed E-state index contributed by atoms with van der Waals surface area (Å²) in [5.74, 6) is 0.164. The lowest BCUT2D eigenvalue weighted by Gasteiger charge is -2.37. The number of carbonyl (C=O) groups excluding carboxylic acids is 1. The molecule has 1 saturated carbocycles. The van der Waals surface area contributed by atoms with Gasteiger partial charge in [0.1, 0.15) is 5.78 Å². The fraction of sp³-hybridized carbons (Fsp3) is 0.923. The third-order valence-corrected chi connectivity index (χ3v) is 3.25. The Bertz CT molecular complexity index is 179. The van der Waals surface area contributed by atoms with Crippen molar-refractivity contribution in [2.24, 2.45) is 5.41 Å². The van der Waals surface area contributed by atoms with Crippen LogP contribution in [0, 0.1) is 5.41 Å². The summed E-state index contributed by atoms with van der Waals surface area (Å²) < 4.78 is 0. The Labute approximate surface area is 94.1 Å². The number of hydrogen-bond acceptors (Lipinski definition) is 2. The topological polar surface area (TPSA) is 37.3 Å². The molecule has 0 bridgehead atoms. The van der Waals surface area contributed by atoms with Crippen LogP contribution in [0.5, 0.6) is 0 Å². The summed E-state index contributed by atoms with van der Waals surface area (Å²) >= 11 is 0. The standard InChI is InChI=1S/C10H18O2.C3H8/c1-8(11)10(9(2)12)6-4-3-5-7-10;1-3-2/h8,11H,3-7H2,1-2H3;3H2,1-2H3. The molecule has 0 heterocycles. The average Bonchev–Trinajstić information content (AvgIpc) is 2.19. The first kappa shape index (κ1) is 14.6. The van der Waals surface area contributed by atoms with Crippen molar-refractivity contribution in [1.82, 2.24) is 0 Å². The summed E-state index contributed by atoms with van der Waals surface area (Å²) in [5, 5.41) is 9.58. The molecular formula is C13H26O2. The maximum Gasteiger partial charge on any atom is 0.138 e. The second-order valence-electron chi connectivity index (χ2n) is 4.66. The highest BCUT2D eigenvalue weighted by Crippen LogP contribution is 2.39. The average molecular weight is 214 g/mol. The van der Waals surface area contributed by atoms with E-state index < -0.39 is 11.5 Å². The molecule has 2 heteroatoms. The number of hydrogen-bond donors (Lipinski definition) is 1. The molecule has 0 aromatic carbocycles. The van der Waals surface area contributed by atoms with Gasteiger partial charge in [0.05, 0.1) is 11.5 Å². The summed E-state index contributed by atoms with van der Waals surface area (Å²) in [6.07, 6.45) is 5.91. The third kappa shape index (κ3) is 3.94. The molecule has 1 unspecified atom stereocenters. The number of rotatable bonds is 2. The van der Waals surface area contributed by atoms with E-state index >= 15 is 0 Å². The zero-order valence-corrected chi connectivity index (χ0v) is 10.7. The smallest absolute Gasteiger partial charge is 0.138 e. The van der Waals surface area contributed by atoms with Crippen molar-refractivity contribution >= 4 is 5.78 Å². The SMILES string of the molecule is CC(=O)C1(C(C)O)CCCCC1.CCC. The number of ketones is 1. The maximum absolute atomic E-state index is 11.4. The first-order valence-corrected chi connectivity index (χ1v) is 6.20. The molecule has 2 nitrogen and oxygen atoms in total. The van der Waals surface area contributed by atoms with Gasteiger partial charge < -0.3 is 5.11 Å². The molecule has 1 rings (SSSR count). The molecule has 90 valence electrons. The summed E-state index contributed by atoms with van der Waals surface area (Å²) in [6.45, 7) is 7.60. The molecule has 1 atom stereocenters. The lowest BCUT2D eigenvalue weighted by atomic mass is 9.68. The second-order valence-corrected chi connectivity index (χ2v) is 4.66. The van der Waals surface area contributed by atoms with Crippen molar-refractivity contribution < 1.29 is 9.90 Å². The van der Waals surface area contributed by atoms with Crippen molar-refractivity contribution in [2.75, 3.05) is 0 Å². The highest BCUT2D eigenvalue weighted by molar-refractivity contribution is 5.83. The molecule has 1 aliphatic rings. The molecule has 0 radical (unpaired) electrons. The van der Waals surface area contributed by atoms with Gasteiger partial charge in [-0.05, 0) is 26.7 Å². The second kappa shape index (κ2) is 7.00. The van der Waals surface area contributed by atoms with E-state index in [0.717, 1.165) is 25.7 Å². The van der Waals surface area contributed by atoms with Crippen LogP contribution in [0.1, 0.15) is 66.2 Å². The molecule has 0 aromatic rings. The van der Waals surface area contributed by atoms with Crippen LogP contribution in [-0.4, -0.2) is 17.0 Å². The van der Waals surface area contributed by atoms with Gasteiger partial charge in [0.2, 0.25) is 0 Å². The molecule has 15 heavy (non-hydrogen) atoms. The van der Waals surface area contributed by atoms with Crippen LogP contribution >= 0.6 is 0 Å². The molecular weight excluding hydrogens is 188 g/mol. The maximum atomic E-state index is 11.4. The first-order chi connectivity index (χ1) is 7.01. The Hall–Kier alpha value is -0.370. The van der Waals surface area contributed by atoms with Crippen LogP contribution in [0.4, 0.5) is 0 Å². The molecule has 1 fully saturated rings. The molecule has 0 spiro atoms. The Kier molecular flexibility index (Phi) is 6.82. The Morgan fingerprint density at radius 3 is 1.87 bits per heavy atom. The summed E-state index contributed by atoms with van der Waals surface area (Å²) in [5.41, 5.74) is -0.405. The summed E-state index contributed by atoms with van der Waals surface area (Å²) in [4.78, 5) is 11.4. The lowest BCUT2D eigenvalue weighted by molar-refractivity contribution is -0.135. The quantitative estimate of drug-likeness (QED) is 0.765. The van der Waals surface area contributed by atoms with Crippen molar-refractivity contribution in [3.63, 3.8) is 0 Å². The van der Waals surface area contributed by atoms with E-state index in [2.05, 4.69) is 13.8 Å². The van der Waals surface area contributed by atoms with Crippen LogP contribution in [0.2, 0.25) is 0 Å². The van der Waals surface area contributed by atoms with E-state index in [1.165, 1.54) is 12.8 Å². The van der Waals surface area contributed by atoms with E-state index in [9.17, 15) is 9.90 Å². The van der Waals surface area contributed by atoms with Gasteiger partial charge in [0, 0.05) is 0 Å². The van der Waals surface area contributed by atoms with Crippen molar-refractivity contribution in [2.45, 2.75) is 72.3 Å². The van der Waals surface area contributed by atoms with E-state index in [1.54, 1.807) is 13.8 Å². The predicted octanol–water partition coefficient (Wildman–Crippen LogP) is 3.32. The normalized spacial score (nSPS) is 21.1. The van der Waals surface area contributed by atoms with Gasteiger partial charge >= 0.3 is 0 Å². The van der Waals surface area contributed by atoms with E-state index in [0.29, 0.717) is 0 Å². The third-order valence-electron chi connectivity index (χ3n) is 3.25. The minimum Gasteiger partial charge on any atom is -0.392 e. The number of aliphatic hydroxyl groups excluding tert-OH is 1. The van der Waals surface area contributed by atoms with Gasteiger partial charge in [-0.1, -0.05) is 39.5 Å². The minimum absolute atomic E-state index is 0.164. The van der Waals surface area contributed by atoms with E-state index in [-0.39, 0.29) is 5.78 Å². The minimum atomic E-state index is -0.477. The lowest BCUT2D eigenvalue weighted by Crippen LogP contribution is -2.41. The number of aliphatic hydroxyl groups is 1. The molecule has 1 aliphatic carbocycles. The van der Waals surface area contributed by atoms with Gasteiger partial charge in [0.15, 0.2) is 0 Å². The van der Waals surface area contributed by atoms with Crippen LogP contribution in [0.15, 0.2) is 0 Å². The van der Waals surface area contributed by atoms with Gasteiger partial charge in [-0.3, -0.25) is 4.79 Å². The zero-order chi connectivity index (χ0) is 11.9. The Morgan fingerprint density at radius 2 is 1.67 bits per heavy atom. The molecule has 0 aliphatic heterocycles. The highest BCUT2D eigenvalue weighted by atomic mass is 16.3. The molecule has 0 aromatic heterocycles. The largest absolute Gasteiger partial charge is 0.392 e. The molecule has 0 amide bonds. The van der Waals surface area contributed by atoms with Crippen LogP contribution in [0.25, 0.3) is 0 Å². The Balaban J connectivity index is 0.000000583. The van der Waals surface area contributed by atoms with Gasteiger partial charge in [0.25, 0.3) is 0 Å². The first-order valence-electron chi connectivity index (χ1n) is 6.20. The van der Waals surface area contributed by atoms with Crippen LogP contribution in [-0.2, 0) is 4.79 Å². The number of Topliss-reactive ketones (excluding diaryl/α,β-unsaturated/α-hetero) is 1. The summed E-state index contributed by atoms with van der Waals surface area (Å²) in [6, 6.07) is 0. The number of carbonyl (C=O) groups is 1. The van der Waals surface area contributed by atoms with Crippen molar-refractivity contribution in [1.29, 1.82) is 0 Å². The van der Waals surface area contributed by atoms with Gasteiger partial charge in [-0.15, -0.1) is 0 Å². The van der Waals surface area contributed by atoms with Crippen LogP contribution < -0.4 is 0 Å². The highest BCUT2D eigenvalue weighted by Gasteiger charge is 2.40. The predicted molar refractivity (Wildman–Crippen MR) is 63.8 cm³/mol. The fourth-order valence-electron chi connectivity index (χ4n) is 2.25. The zero-order valence-electron chi connectivity index (χ0n) is 10.7. The summed E-state index contributed by atoms with van der Waals surface area (Å²) in [7, 11) is 0. The van der Waals surface area contributed by atoms with Gasteiger partial charge in [-0.2, -0.15) is 0 Å². The van der Waals surface area contributed by atoms with E-state index in [4.69, 9.17) is 0 Å². The van der Waals surface area contributed by atoms with Crippen LogP contribution in [0.3, 0.4) is 0 Å². The molecule has 0 saturated heterocycles. The van der Waals surface area contributed by atoms with Crippen molar-refractivity contribution in [3.8, 4) is 0 Å². The fourth-order valence-corrected chi connectivity index (χ4v) is 2.25. The molecule has 1 N–H and O–H groups in total. The van der Waals surface area contributed by atoms with E-state index in [1.807, 2.05) is 0 Å². The Morgan fingerprint density at radius 1 is 1.27 bits per heavy atom. The monoisotopic (exact) mass is 214 g/mol.